The lowest BCUT2D eigenvalue weighted by Crippen LogP contribution is -2.30. The van der Waals surface area contributed by atoms with Crippen LogP contribution < -0.4 is 10.6 Å². The van der Waals surface area contributed by atoms with Gasteiger partial charge in [-0.2, -0.15) is 8.78 Å². The minimum Gasteiger partial charge on any atom is -0.461 e. The normalized spacial score (nSPS) is 13.1. The van der Waals surface area contributed by atoms with E-state index in [1.54, 1.807) is 45.4 Å². The van der Waals surface area contributed by atoms with Crippen molar-refractivity contribution in [1.29, 1.82) is 0 Å². The summed E-state index contributed by atoms with van der Waals surface area (Å²) < 4.78 is 61.1. The summed E-state index contributed by atoms with van der Waals surface area (Å²) in [6, 6.07) is 7.86. The highest BCUT2D eigenvalue weighted by Gasteiger charge is 2.45. The fraction of sp³-hybridized carbons (Fsp3) is 0.348. The Bertz CT molecular complexity index is 1260. The van der Waals surface area contributed by atoms with Crippen LogP contribution in [-0.4, -0.2) is 35.9 Å². The molecule has 1 atom stereocenters. The van der Waals surface area contributed by atoms with E-state index < -0.39 is 36.5 Å². The van der Waals surface area contributed by atoms with Crippen LogP contribution in [0, 0.1) is 12.7 Å². The molecule has 0 fully saturated rings. The van der Waals surface area contributed by atoms with E-state index in [9.17, 15) is 18.1 Å². The SMILES string of the molecule is CCOC(=O)C(F)(F)c1cccc([C@@H](C)Nc2nc(C)nc3ccc(P(C)(C)=O)cc23)c1F. The molecule has 0 aliphatic rings. The predicted octanol–water partition coefficient (Wildman–Crippen LogP) is 5.15. The number of halogens is 3. The third kappa shape index (κ3) is 5.03. The van der Waals surface area contributed by atoms with E-state index in [0.29, 0.717) is 27.8 Å². The summed E-state index contributed by atoms with van der Waals surface area (Å²) in [6.45, 7) is 7.70. The zero-order valence-electron chi connectivity index (χ0n) is 18.9. The molecule has 1 heterocycles. The first-order chi connectivity index (χ1) is 15.4. The van der Waals surface area contributed by atoms with E-state index in [4.69, 9.17) is 0 Å². The Hall–Kier alpha value is -2.93. The van der Waals surface area contributed by atoms with Crippen LogP contribution in [0.15, 0.2) is 36.4 Å². The summed E-state index contributed by atoms with van der Waals surface area (Å²) in [4.78, 5) is 20.5. The number of aryl methyl sites for hydroxylation is 1. The zero-order valence-corrected chi connectivity index (χ0v) is 19.8. The molecule has 3 rings (SSSR count). The third-order valence-corrected chi connectivity index (χ3v) is 6.65. The highest BCUT2D eigenvalue weighted by atomic mass is 31.2. The van der Waals surface area contributed by atoms with E-state index in [1.165, 1.54) is 19.1 Å². The molecule has 0 spiro atoms. The van der Waals surface area contributed by atoms with E-state index in [1.807, 2.05) is 0 Å². The van der Waals surface area contributed by atoms with Crippen LogP contribution in [0.3, 0.4) is 0 Å². The highest BCUT2D eigenvalue weighted by molar-refractivity contribution is 7.70. The van der Waals surface area contributed by atoms with Crippen molar-refractivity contribution >= 4 is 35.1 Å². The summed E-state index contributed by atoms with van der Waals surface area (Å²) in [7, 11) is -2.57. The van der Waals surface area contributed by atoms with E-state index in [0.717, 1.165) is 6.07 Å². The van der Waals surface area contributed by atoms with Gasteiger partial charge in [0.15, 0.2) is 0 Å². The average Bonchev–Trinajstić information content (AvgIpc) is 2.72. The molecule has 0 saturated carbocycles. The van der Waals surface area contributed by atoms with Crippen molar-refractivity contribution < 1.29 is 27.3 Å². The summed E-state index contributed by atoms with van der Waals surface area (Å²) >= 11 is 0. The first-order valence-electron chi connectivity index (χ1n) is 10.3. The first kappa shape index (κ1) is 24.7. The van der Waals surface area contributed by atoms with Crippen LogP contribution >= 0.6 is 7.14 Å². The molecule has 1 aromatic heterocycles. The van der Waals surface area contributed by atoms with Gasteiger partial charge in [0.1, 0.15) is 24.6 Å². The van der Waals surface area contributed by atoms with Crippen LogP contribution in [0.2, 0.25) is 0 Å². The smallest absolute Gasteiger partial charge is 0.382 e. The maximum absolute atomic E-state index is 15.1. The minimum absolute atomic E-state index is 0.0753. The number of fused-ring (bicyclic) bond motifs is 1. The second kappa shape index (κ2) is 9.14. The standard InChI is InChI=1S/C23H25F3N3O3P/c1-6-32-22(30)23(25,26)18-9-7-8-16(20(18)24)13(2)27-21-17-12-15(33(4,5)31)10-11-19(17)28-14(3)29-21/h7-13H,6H2,1-5H3,(H,27,28,29)/t13-/m1/s1. The van der Waals surface area contributed by atoms with Crippen LogP contribution in [0.25, 0.3) is 10.9 Å². The average molecular weight is 479 g/mol. The lowest BCUT2D eigenvalue weighted by atomic mass is 10.00. The topological polar surface area (TPSA) is 81.2 Å². The van der Waals surface area contributed by atoms with Crippen LogP contribution in [0.4, 0.5) is 19.0 Å². The van der Waals surface area contributed by atoms with E-state index in [2.05, 4.69) is 20.0 Å². The number of hydrogen-bond donors (Lipinski definition) is 1. The molecule has 1 N–H and O–H groups in total. The van der Waals surface area contributed by atoms with Crippen LogP contribution in [0.1, 0.15) is 36.8 Å². The molecule has 0 saturated heterocycles. The van der Waals surface area contributed by atoms with E-state index in [-0.39, 0.29) is 12.2 Å². The quantitative estimate of drug-likeness (QED) is 0.373. The van der Waals surface area contributed by atoms with Crippen molar-refractivity contribution in [3.8, 4) is 0 Å². The van der Waals surface area contributed by atoms with Gasteiger partial charge in [0.05, 0.1) is 23.7 Å². The van der Waals surface area contributed by atoms with Gasteiger partial charge >= 0.3 is 11.9 Å². The number of hydrogen-bond acceptors (Lipinski definition) is 6. The highest BCUT2D eigenvalue weighted by Crippen LogP contribution is 2.37. The Morgan fingerprint density at radius 3 is 2.55 bits per heavy atom. The molecular weight excluding hydrogens is 454 g/mol. The molecule has 2 aromatic carbocycles. The molecule has 10 heteroatoms. The maximum atomic E-state index is 15.1. The van der Waals surface area contributed by atoms with Crippen molar-refractivity contribution in [2.45, 2.75) is 32.7 Å². The van der Waals surface area contributed by atoms with Gasteiger partial charge in [-0.05, 0) is 58.4 Å². The van der Waals surface area contributed by atoms with Gasteiger partial charge in [0.2, 0.25) is 0 Å². The third-order valence-electron chi connectivity index (χ3n) is 5.13. The number of carbonyl (C=O) groups is 1. The number of esters is 1. The number of alkyl halides is 2. The number of carbonyl (C=O) groups excluding carboxylic acids is 1. The van der Waals surface area contributed by atoms with Gasteiger partial charge in [-0.25, -0.2) is 19.2 Å². The fourth-order valence-corrected chi connectivity index (χ4v) is 4.29. The summed E-state index contributed by atoms with van der Waals surface area (Å²) in [5, 5.41) is 4.25. The molecule has 6 nitrogen and oxygen atoms in total. The van der Waals surface area contributed by atoms with E-state index >= 15 is 4.39 Å². The van der Waals surface area contributed by atoms with Gasteiger partial charge < -0.3 is 14.6 Å². The van der Waals surface area contributed by atoms with Gasteiger partial charge in [0, 0.05) is 16.3 Å². The second-order valence-corrected chi connectivity index (χ2v) is 11.3. The molecule has 0 amide bonds. The Kier molecular flexibility index (Phi) is 6.84. The van der Waals surface area contributed by atoms with Crippen molar-refractivity contribution in [3.05, 3.63) is 59.2 Å². The minimum atomic E-state index is -4.13. The van der Waals surface area contributed by atoms with Crippen molar-refractivity contribution in [1.82, 2.24) is 9.97 Å². The molecular formula is C23H25F3N3O3P. The molecule has 0 aliphatic heterocycles. The molecule has 176 valence electrons. The molecule has 0 radical (unpaired) electrons. The number of nitrogens with one attached hydrogen (secondary N) is 1. The Morgan fingerprint density at radius 2 is 1.91 bits per heavy atom. The summed E-state index contributed by atoms with van der Waals surface area (Å²) in [5.74, 6) is -6.36. The largest absolute Gasteiger partial charge is 0.461 e. The lowest BCUT2D eigenvalue weighted by molar-refractivity contribution is -0.173. The van der Waals surface area contributed by atoms with Gasteiger partial charge in [-0.15, -0.1) is 0 Å². The number of ether oxygens (including phenoxy) is 1. The monoisotopic (exact) mass is 479 g/mol. The molecule has 0 aliphatic carbocycles. The van der Waals surface area contributed by atoms with Crippen molar-refractivity contribution in [3.63, 3.8) is 0 Å². The van der Waals surface area contributed by atoms with Crippen LogP contribution in [0.5, 0.6) is 0 Å². The van der Waals surface area contributed by atoms with Gasteiger partial charge in [0.25, 0.3) is 0 Å². The zero-order chi connectivity index (χ0) is 24.6. The van der Waals surface area contributed by atoms with Crippen LogP contribution in [-0.2, 0) is 20.0 Å². The summed E-state index contributed by atoms with van der Waals surface area (Å²) in [6.07, 6.45) is 0. The van der Waals surface area contributed by atoms with Crippen molar-refractivity contribution in [2.24, 2.45) is 0 Å². The first-order valence-corrected chi connectivity index (χ1v) is 12.9. The second-order valence-electron chi connectivity index (χ2n) is 8.04. The number of aromatic nitrogens is 2. The molecule has 33 heavy (non-hydrogen) atoms. The predicted molar refractivity (Wildman–Crippen MR) is 122 cm³/mol. The van der Waals surface area contributed by atoms with Gasteiger partial charge in [-0.1, -0.05) is 12.1 Å². The molecule has 0 unspecified atom stereocenters. The number of rotatable bonds is 7. The summed E-state index contributed by atoms with van der Waals surface area (Å²) in [5.41, 5.74) is -0.540. The molecule has 0 bridgehead atoms. The fourth-order valence-electron chi connectivity index (χ4n) is 3.42. The number of benzene rings is 2. The maximum Gasteiger partial charge on any atom is 0.382 e. The van der Waals surface area contributed by atoms with Crippen molar-refractivity contribution in [2.75, 3.05) is 25.3 Å². The Balaban J connectivity index is 2.04. The number of anilines is 1. The van der Waals surface area contributed by atoms with Gasteiger partial charge in [-0.3, -0.25) is 0 Å². The Labute approximate surface area is 190 Å². The Morgan fingerprint density at radius 1 is 1.21 bits per heavy atom. The lowest BCUT2D eigenvalue weighted by Gasteiger charge is -2.21. The molecule has 3 aromatic rings. The number of nitrogens with zero attached hydrogens (tertiary/aromatic N) is 2.